The predicted octanol–water partition coefficient (Wildman–Crippen LogP) is 6.75. The van der Waals surface area contributed by atoms with Crippen molar-refractivity contribution in [1.29, 1.82) is 0 Å². The van der Waals surface area contributed by atoms with Gasteiger partial charge in [-0.2, -0.15) is 0 Å². The van der Waals surface area contributed by atoms with Crippen LogP contribution in [0.3, 0.4) is 0 Å². The Morgan fingerprint density at radius 1 is 0.750 bits per heavy atom. The molecule has 0 unspecified atom stereocenters. The Morgan fingerprint density at radius 2 is 1.35 bits per heavy atom. The van der Waals surface area contributed by atoms with Crippen molar-refractivity contribution in [3.05, 3.63) is 129 Å². The zero-order valence-corrected chi connectivity index (χ0v) is 22.5. The Hall–Kier alpha value is -4.85. The van der Waals surface area contributed by atoms with Gasteiger partial charge in [0.05, 0.1) is 29.4 Å². The SMILES string of the molecule is CCOc1ccc([C@H]2N(Cc3ccccc3)C(=O)c3cc([N+](=O)[O-])ccc3N2Cc2ccccc2)cc1OCC. The highest BCUT2D eigenvalue weighted by molar-refractivity contribution is 6.02. The molecule has 0 bridgehead atoms. The van der Waals surface area contributed by atoms with Crippen LogP contribution in [0.2, 0.25) is 0 Å². The summed E-state index contributed by atoms with van der Waals surface area (Å²) >= 11 is 0. The van der Waals surface area contributed by atoms with Crippen molar-refractivity contribution >= 4 is 17.3 Å². The van der Waals surface area contributed by atoms with Crippen molar-refractivity contribution in [1.82, 2.24) is 4.90 Å². The molecule has 0 saturated carbocycles. The van der Waals surface area contributed by atoms with Crippen LogP contribution in [0.1, 0.15) is 47.1 Å². The molecule has 1 aliphatic heterocycles. The van der Waals surface area contributed by atoms with Gasteiger partial charge < -0.3 is 19.3 Å². The first-order chi connectivity index (χ1) is 19.5. The van der Waals surface area contributed by atoms with Crippen molar-refractivity contribution in [2.24, 2.45) is 0 Å². The summed E-state index contributed by atoms with van der Waals surface area (Å²) in [5.74, 6) is 0.960. The van der Waals surface area contributed by atoms with Crippen LogP contribution in [0, 0.1) is 10.1 Å². The van der Waals surface area contributed by atoms with Gasteiger partial charge in [0, 0.05) is 25.2 Å². The molecule has 204 valence electrons. The summed E-state index contributed by atoms with van der Waals surface area (Å²) in [5.41, 5.74) is 3.65. The molecule has 1 heterocycles. The van der Waals surface area contributed by atoms with E-state index in [4.69, 9.17) is 9.47 Å². The molecule has 8 heteroatoms. The van der Waals surface area contributed by atoms with Crippen LogP contribution >= 0.6 is 0 Å². The van der Waals surface area contributed by atoms with Crippen LogP contribution in [0.4, 0.5) is 11.4 Å². The van der Waals surface area contributed by atoms with E-state index in [-0.39, 0.29) is 11.6 Å². The number of nitrogens with zero attached hydrogens (tertiary/aromatic N) is 3. The average Bonchev–Trinajstić information content (AvgIpc) is 2.97. The fraction of sp³-hybridized carbons (Fsp3) is 0.219. The lowest BCUT2D eigenvalue weighted by molar-refractivity contribution is -0.384. The predicted molar refractivity (Wildman–Crippen MR) is 154 cm³/mol. The lowest BCUT2D eigenvalue weighted by Crippen LogP contribution is -2.48. The quantitative estimate of drug-likeness (QED) is 0.164. The summed E-state index contributed by atoms with van der Waals surface area (Å²) in [7, 11) is 0. The first-order valence-corrected chi connectivity index (χ1v) is 13.3. The second-order valence-electron chi connectivity index (χ2n) is 9.44. The standard InChI is InChI=1S/C32H31N3O5/c1-3-39-29-18-15-25(19-30(29)40-4-2)31-33(21-23-11-7-5-8-12-23)28-17-16-26(35(37)38)20-27(28)32(36)34(31)22-24-13-9-6-10-14-24/h5-20,31H,3-4,21-22H2,1-2H3/t31-/m1/s1. The first kappa shape index (κ1) is 26.7. The number of carbonyl (C=O) groups excluding carboxylic acids is 1. The molecule has 4 aromatic rings. The summed E-state index contributed by atoms with van der Waals surface area (Å²) in [6.07, 6.45) is -0.517. The fourth-order valence-corrected chi connectivity index (χ4v) is 5.10. The van der Waals surface area contributed by atoms with Gasteiger partial charge in [-0.3, -0.25) is 14.9 Å². The zero-order valence-electron chi connectivity index (χ0n) is 22.5. The summed E-state index contributed by atoms with van der Waals surface area (Å²) in [6, 6.07) is 30.0. The lowest BCUT2D eigenvalue weighted by Gasteiger charge is -2.46. The van der Waals surface area contributed by atoms with Crippen molar-refractivity contribution in [2.75, 3.05) is 18.1 Å². The molecule has 8 nitrogen and oxygen atoms in total. The maximum absolute atomic E-state index is 14.2. The van der Waals surface area contributed by atoms with Crippen LogP contribution in [-0.4, -0.2) is 28.9 Å². The molecule has 0 aliphatic carbocycles. The number of ether oxygens (including phenoxy) is 2. The van der Waals surface area contributed by atoms with Crippen LogP contribution in [-0.2, 0) is 13.1 Å². The Bertz CT molecular complexity index is 1490. The Morgan fingerprint density at radius 3 is 1.95 bits per heavy atom. The van der Waals surface area contributed by atoms with E-state index in [9.17, 15) is 14.9 Å². The topological polar surface area (TPSA) is 85.1 Å². The van der Waals surface area contributed by atoms with E-state index in [2.05, 4.69) is 4.90 Å². The molecule has 0 spiro atoms. The molecule has 0 N–H and O–H groups in total. The van der Waals surface area contributed by atoms with Crippen molar-refractivity contribution in [3.8, 4) is 11.5 Å². The summed E-state index contributed by atoms with van der Waals surface area (Å²) < 4.78 is 11.8. The Kier molecular flexibility index (Phi) is 7.96. The number of non-ortho nitro benzene ring substituents is 1. The third kappa shape index (κ3) is 5.47. The molecule has 0 aromatic heterocycles. The minimum Gasteiger partial charge on any atom is -0.490 e. The maximum atomic E-state index is 14.2. The van der Waals surface area contributed by atoms with E-state index in [1.807, 2.05) is 92.7 Å². The van der Waals surface area contributed by atoms with Gasteiger partial charge in [-0.25, -0.2) is 0 Å². The van der Waals surface area contributed by atoms with Gasteiger partial charge in [0.25, 0.3) is 11.6 Å². The molecule has 4 aromatic carbocycles. The van der Waals surface area contributed by atoms with E-state index >= 15 is 0 Å². The number of fused-ring (bicyclic) bond motifs is 1. The molecule has 1 atom stereocenters. The van der Waals surface area contributed by atoms with Gasteiger partial charge in [0.2, 0.25) is 0 Å². The minimum absolute atomic E-state index is 0.121. The summed E-state index contributed by atoms with van der Waals surface area (Å²) in [6.45, 7) is 5.58. The molecule has 1 amide bonds. The number of rotatable bonds is 10. The molecule has 5 rings (SSSR count). The van der Waals surface area contributed by atoms with Gasteiger partial charge in [-0.15, -0.1) is 0 Å². The molecule has 0 radical (unpaired) electrons. The number of nitro groups is 1. The van der Waals surface area contributed by atoms with E-state index in [0.29, 0.717) is 49.1 Å². The van der Waals surface area contributed by atoms with Crippen LogP contribution in [0.25, 0.3) is 0 Å². The summed E-state index contributed by atoms with van der Waals surface area (Å²) in [5, 5.41) is 11.6. The number of hydrogen-bond acceptors (Lipinski definition) is 6. The minimum atomic E-state index is -0.517. The number of carbonyl (C=O) groups is 1. The van der Waals surface area contributed by atoms with E-state index < -0.39 is 11.1 Å². The van der Waals surface area contributed by atoms with E-state index in [1.54, 1.807) is 11.0 Å². The third-order valence-electron chi connectivity index (χ3n) is 6.84. The van der Waals surface area contributed by atoms with Crippen molar-refractivity contribution in [2.45, 2.75) is 33.1 Å². The maximum Gasteiger partial charge on any atom is 0.270 e. The molecular formula is C32H31N3O5. The third-order valence-corrected chi connectivity index (χ3v) is 6.84. The van der Waals surface area contributed by atoms with E-state index in [0.717, 1.165) is 16.7 Å². The largest absolute Gasteiger partial charge is 0.490 e. The highest BCUT2D eigenvalue weighted by atomic mass is 16.6. The second kappa shape index (κ2) is 11.9. The number of anilines is 1. The number of hydrogen-bond donors (Lipinski definition) is 0. The van der Waals surface area contributed by atoms with Gasteiger partial charge >= 0.3 is 0 Å². The number of nitro benzene ring substituents is 1. The number of amides is 1. The second-order valence-corrected chi connectivity index (χ2v) is 9.44. The molecule has 0 fully saturated rings. The van der Waals surface area contributed by atoms with Gasteiger partial charge in [-0.05, 0) is 48.7 Å². The lowest BCUT2D eigenvalue weighted by atomic mass is 9.98. The normalized spacial score (nSPS) is 14.6. The van der Waals surface area contributed by atoms with Crippen molar-refractivity contribution < 1.29 is 19.2 Å². The van der Waals surface area contributed by atoms with Crippen LogP contribution in [0.5, 0.6) is 11.5 Å². The highest BCUT2D eigenvalue weighted by Crippen LogP contribution is 2.43. The molecule has 40 heavy (non-hydrogen) atoms. The van der Waals surface area contributed by atoms with Gasteiger partial charge in [-0.1, -0.05) is 66.7 Å². The molecule has 1 aliphatic rings. The van der Waals surface area contributed by atoms with E-state index in [1.165, 1.54) is 12.1 Å². The van der Waals surface area contributed by atoms with Crippen molar-refractivity contribution in [3.63, 3.8) is 0 Å². The Labute approximate surface area is 233 Å². The first-order valence-electron chi connectivity index (χ1n) is 13.3. The Balaban J connectivity index is 1.71. The molecular weight excluding hydrogens is 506 g/mol. The smallest absolute Gasteiger partial charge is 0.270 e. The average molecular weight is 538 g/mol. The molecule has 0 saturated heterocycles. The monoisotopic (exact) mass is 537 g/mol. The van der Waals surface area contributed by atoms with Gasteiger partial charge in [0.15, 0.2) is 11.5 Å². The van der Waals surface area contributed by atoms with Crippen LogP contribution < -0.4 is 14.4 Å². The fourth-order valence-electron chi connectivity index (χ4n) is 5.10. The number of benzene rings is 4. The zero-order chi connectivity index (χ0) is 28.1. The van der Waals surface area contributed by atoms with Gasteiger partial charge in [0.1, 0.15) is 6.17 Å². The highest BCUT2D eigenvalue weighted by Gasteiger charge is 2.40. The summed E-state index contributed by atoms with van der Waals surface area (Å²) in [4.78, 5) is 29.3. The van der Waals surface area contributed by atoms with Crippen LogP contribution in [0.15, 0.2) is 97.1 Å².